The Morgan fingerprint density at radius 1 is 1.39 bits per heavy atom. The van der Waals surface area contributed by atoms with Crippen LogP contribution >= 0.6 is 0 Å². The van der Waals surface area contributed by atoms with Crippen LogP contribution in [-0.2, 0) is 16.1 Å². The summed E-state index contributed by atoms with van der Waals surface area (Å²) in [5.74, 6) is 0.0256. The van der Waals surface area contributed by atoms with Crippen molar-refractivity contribution in [3.63, 3.8) is 0 Å². The lowest BCUT2D eigenvalue weighted by molar-refractivity contribution is -0.150. The van der Waals surface area contributed by atoms with Gasteiger partial charge in [-0.05, 0) is 31.9 Å². The number of nitrogens with zero attached hydrogens (tertiary/aromatic N) is 1. The highest BCUT2D eigenvalue weighted by molar-refractivity contribution is 5.72. The van der Waals surface area contributed by atoms with E-state index < -0.39 is 0 Å². The second-order valence-electron chi connectivity index (χ2n) is 4.81. The van der Waals surface area contributed by atoms with Crippen molar-refractivity contribution in [2.75, 3.05) is 19.7 Å². The zero-order chi connectivity index (χ0) is 12.8. The predicted molar refractivity (Wildman–Crippen MR) is 71.1 cm³/mol. The molecular weight excluding hydrogens is 226 g/mol. The first kappa shape index (κ1) is 13.1. The van der Waals surface area contributed by atoms with Crippen molar-refractivity contribution in [1.82, 2.24) is 4.90 Å². The topological polar surface area (TPSA) is 29.5 Å². The van der Waals surface area contributed by atoms with Gasteiger partial charge in [-0.2, -0.15) is 0 Å². The summed E-state index contributed by atoms with van der Waals surface area (Å²) in [5.41, 5.74) is 1.31. The van der Waals surface area contributed by atoms with Crippen LogP contribution in [0, 0.1) is 5.92 Å². The van der Waals surface area contributed by atoms with E-state index in [2.05, 4.69) is 29.2 Å². The SMILES string of the molecule is CCOC(=O)[C@@H]1CCCN(Cc2ccccc2)C1. The van der Waals surface area contributed by atoms with Gasteiger partial charge < -0.3 is 4.74 Å². The molecule has 0 aromatic heterocycles. The Hall–Kier alpha value is -1.35. The molecule has 0 bridgehead atoms. The predicted octanol–water partition coefficient (Wildman–Crippen LogP) is 2.46. The summed E-state index contributed by atoms with van der Waals surface area (Å²) >= 11 is 0. The molecule has 0 radical (unpaired) electrons. The van der Waals surface area contributed by atoms with Crippen LogP contribution in [0.3, 0.4) is 0 Å². The molecule has 1 heterocycles. The molecule has 0 N–H and O–H groups in total. The smallest absolute Gasteiger partial charge is 0.310 e. The van der Waals surface area contributed by atoms with Crippen LogP contribution in [0.15, 0.2) is 30.3 Å². The Balaban J connectivity index is 1.89. The van der Waals surface area contributed by atoms with E-state index in [1.807, 2.05) is 13.0 Å². The van der Waals surface area contributed by atoms with E-state index in [0.717, 1.165) is 32.5 Å². The number of hydrogen-bond donors (Lipinski definition) is 0. The molecule has 0 amide bonds. The average molecular weight is 247 g/mol. The Morgan fingerprint density at radius 3 is 2.89 bits per heavy atom. The highest BCUT2D eigenvalue weighted by atomic mass is 16.5. The van der Waals surface area contributed by atoms with E-state index in [-0.39, 0.29) is 11.9 Å². The molecule has 1 saturated heterocycles. The first-order valence-corrected chi connectivity index (χ1v) is 6.72. The van der Waals surface area contributed by atoms with Gasteiger partial charge in [0.15, 0.2) is 0 Å². The number of ether oxygens (including phenoxy) is 1. The summed E-state index contributed by atoms with van der Waals surface area (Å²) in [4.78, 5) is 14.1. The summed E-state index contributed by atoms with van der Waals surface area (Å²) < 4.78 is 5.11. The van der Waals surface area contributed by atoms with Crippen molar-refractivity contribution in [2.45, 2.75) is 26.3 Å². The highest BCUT2D eigenvalue weighted by Crippen LogP contribution is 2.19. The number of benzene rings is 1. The van der Waals surface area contributed by atoms with Crippen molar-refractivity contribution in [3.8, 4) is 0 Å². The molecule has 18 heavy (non-hydrogen) atoms. The molecule has 0 aliphatic carbocycles. The first-order valence-electron chi connectivity index (χ1n) is 6.72. The van der Waals surface area contributed by atoms with Crippen LogP contribution in [0.25, 0.3) is 0 Å². The van der Waals surface area contributed by atoms with Crippen molar-refractivity contribution >= 4 is 5.97 Å². The van der Waals surface area contributed by atoms with Gasteiger partial charge in [0.05, 0.1) is 12.5 Å². The maximum absolute atomic E-state index is 11.7. The summed E-state index contributed by atoms with van der Waals surface area (Å²) in [6.07, 6.45) is 2.04. The Labute approximate surface area is 109 Å². The lowest BCUT2D eigenvalue weighted by Gasteiger charge is -2.31. The van der Waals surface area contributed by atoms with E-state index in [1.165, 1.54) is 5.56 Å². The van der Waals surface area contributed by atoms with Crippen molar-refractivity contribution < 1.29 is 9.53 Å². The van der Waals surface area contributed by atoms with Crippen molar-refractivity contribution in [1.29, 1.82) is 0 Å². The van der Waals surface area contributed by atoms with Crippen molar-refractivity contribution in [3.05, 3.63) is 35.9 Å². The van der Waals surface area contributed by atoms with E-state index in [9.17, 15) is 4.79 Å². The third kappa shape index (κ3) is 3.57. The molecule has 3 nitrogen and oxygen atoms in total. The number of hydrogen-bond acceptors (Lipinski definition) is 3. The minimum Gasteiger partial charge on any atom is -0.466 e. The molecule has 1 aliphatic rings. The molecule has 0 spiro atoms. The molecule has 1 fully saturated rings. The average Bonchev–Trinajstić information content (AvgIpc) is 2.40. The maximum atomic E-state index is 11.7. The van der Waals surface area contributed by atoms with E-state index in [1.54, 1.807) is 0 Å². The molecule has 1 aromatic carbocycles. The maximum Gasteiger partial charge on any atom is 0.310 e. The van der Waals surface area contributed by atoms with Gasteiger partial charge in [-0.15, -0.1) is 0 Å². The van der Waals surface area contributed by atoms with E-state index in [4.69, 9.17) is 4.74 Å². The normalized spacial score (nSPS) is 20.6. The molecule has 0 unspecified atom stereocenters. The van der Waals surface area contributed by atoms with Gasteiger partial charge in [-0.25, -0.2) is 0 Å². The fraction of sp³-hybridized carbons (Fsp3) is 0.533. The summed E-state index contributed by atoms with van der Waals surface area (Å²) in [5, 5.41) is 0. The molecule has 1 aromatic rings. The zero-order valence-electron chi connectivity index (χ0n) is 11.0. The van der Waals surface area contributed by atoms with Gasteiger partial charge in [-0.1, -0.05) is 30.3 Å². The van der Waals surface area contributed by atoms with Gasteiger partial charge in [-0.3, -0.25) is 9.69 Å². The molecule has 98 valence electrons. The second-order valence-corrected chi connectivity index (χ2v) is 4.81. The Kier molecular flexibility index (Phi) is 4.76. The van der Waals surface area contributed by atoms with Crippen LogP contribution < -0.4 is 0 Å². The van der Waals surface area contributed by atoms with Crippen LogP contribution in [0.1, 0.15) is 25.3 Å². The zero-order valence-corrected chi connectivity index (χ0v) is 11.0. The number of likely N-dealkylation sites (tertiary alicyclic amines) is 1. The van der Waals surface area contributed by atoms with E-state index in [0.29, 0.717) is 6.61 Å². The fourth-order valence-electron chi connectivity index (χ4n) is 2.49. The van der Waals surface area contributed by atoms with Crippen LogP contribution in [0.2, 0.25) is 0 Å². The van der Waals surface area contributed by atoms with Crippen LogP contribution in [-0.4, -0.2) is 30.6 Å². The molecule has 1 aliphatic heterocycles. The third-order valence-corrected chi connectivity index (χ3v) is 3.37. The minimum absolute atomic E-state index is 0.0322. The highest BCUT2D eigenvalue weighted by Gasteiger charge is 2.26. The lowest BCUT2D eigenvalue weighted by atomic mass is 9.98. The van der Waals surface area contributed by atoms with Gasteiger partial charge in [0.2, 0.25) is 0 Å². The molecule has 3 heteroatoms. The number of carbonyl (C=O) groups excluding carboxylic acids is 1. The largest absolute Gasteiger partial charge is 0.466 e. The number of rotatable bonds is 4. The quantitative estimate of drug-likeness (QED) is 0.765. The second kappa shape index (κ2) is 6.55. The van der Waals surface area contributed by atoms with Gasteiger partial charge in [0, 0.05) is 13.1 Å². The Bertz CT molecular complexity index is 377. The fourth-order valence-corrected chi connectivity index (χ4v) is 2.49. The van der Waals surface area contributed by atoms with Crippen molar-refractivity contribution in [2.24, 2.45) is 5.92 Å². The van der Waals surface area contributed by atoms with Gasteiger partial charge >= 0.3 is 5.97 Å². The molecule has 2 rings (SSSR count). The number of carbonyl (C=O) groups is 1. The lowest BCUT2D eigenvalue weighted by Crippen LogP contribution is -2.38. The molecular formula is C15H21NO2. The third-order valence-electron chi connectivity index (χ3n) is 3.37. The van der Waals surface area contributed by atoms with Gasteiger partial charge in [0.1, 0.15) is 0 Å². The number of esters is 1. The first-order chi connectivity index (χ1) is 8.79. The van der Waals surface area contributed by atoms with Gasteiger partial charge in [0.25, 0.3) is 0 Å². The minimum atomic E-state index is -0.0322. The standard InChI is InChI=1S/C15H21NO2/c1-2-18-15(17)14-9-6-10-16(12-14)11-13-7-4-3-5-8-13/h3-5,7-8,14H,2,6,9-12H2,1H3/t14-/m1/s1. The molecule has 0 saturated carbocycles. The summed E-state index contributed by atoms with van der Waals surface area (Å²) in [7, 11) is 0. The number of piperidine rings is 1. The summed E-state index contributed by atoms with van der Waals surface area (Å²) in [6, 6.07) is 10.4. The van der Waals surface area contributed by atoms with Crippen LogP contribution in [0.5, 0.6) is 0 Å². The molecule has 1 atom stereocenters. The monoisotopic (exact) mass is 247 g/mol. The summed E-state index contributed by atoms with van der Waals surface area (Å²) in [6.45, 7) is 5.17. The van der Waals surface area contributed by atoms with E-state index >= 15 is 0 Å². The van der Waals surface area contributed by atoms with Crippen LogP contribution in [0.4, 0.5) is 0 Å². The Morgan fingerprint density at radius 2 is 2.17 bits per heavy atom.